The Morgan fingerprint density at radius 3 is 1.89 bits per heavy atom. The molecular formula is C52H42N2O. The lowest BCUT2D eigenvalue weighted by Crippen LogP contribution is -2.12. The molecule has 3 nitrogen and oxygen atoms in total. The molecule has 1 aromatic heterocycles. The zero-order valence-corrected chi connectivity index (χ0v) is 31.9. The molecule has 0 aliphatic rings. The average Bonchev–Trinajstić information content (AvgIpc) is 3.60. The number of hydrogen-bond donors (Lipinski definition) is 1. The molecule has 3 heteroatoms. The van der Waals surface area contributed by atoms with Crippen LogP contribution >= 0.6 is 0 Å². The van der Waals surface area contributed by atoms with E-state index in [4.69, 9.17) is 4.42 Å². The molecule has 0 atom stereocenters. The van der Waals surface area contributed by atoms with Crippen molar-refractivity contribution in [2.24, 2.45) is 0 Å². The normalized spacial score (nSPS) is 11.9. The van der Waals surface area contributed by atoms with Crippen molar-refractivity contribution in [1.29, 1.82) is 0 Å². The number of nitrogens with zero attached hydrogens (tertiary/aromatic N) is 1. The summed E-state index contributed by atoms with van der Waals surface area (Å²) in [7, 11) is 0. The number of hydrogen-bond acceptors (Lipinski definition) is 3. The van der Waals surface area contributed by atoms with Crippen LogP contribution in [0.15, 0.2) is 156 Å². The van der Waals surface area contributed by atoms with Crippen LogP contribution in [0.3, 0.4) is 0 Å². The van der Waals surface area contributed by atoms with E-state index in [1.807, 2.05) is 0 Å². The monoisotopic (exact) mass is 710 g/mol. The second-order valence-corrected chi connectivity index (χ2v) is 15.4. The first kappa shape index (κ1) is 33.0. The number of nitrogens with one attached hydrogen (secondary N) is 1. The topological polar surface area (TPSA) is 28.4 Å². The molecule has 0 aliphatic carbocycles. The summed E-state index contributed by atoms with van der Waals surface area (Å²) in [6.07, 6.45) is 0. The van der Waals surface area contributed by atoms with Crippen LogP contribution in [0.2, 0.25) is 0 Å². The standard InChI is InChI=1S/C52H42N2O/c1-31(2)45-30-48(44-28-25-38-34(5)29-46(53-36-21-17-32(3)18-22-36)43-27-26-40(45)50(44)49(38)43)54(37-23-19-33(4)20-24-37)47-16-10-15-42-41-14-9-13-39(51(41)55-52(42)47)35-11-7-6-8-12-35/h6-31,53H,1-5H3. The Balaban J connectivity index is 1.28. The second-order valence-electron chi connectivity index (χ2n) is 15.4. The van der Waals surface area contributed by atoms with E-state index in [0.29, 0.717) is 5.92 Å². The van der Waals surface area contributed by atoms with E-state index in [0.717, 1.165) is 61.5 Å². The van der Waals surface area contributed by atoms with Gasteiger partial charge in [0.2, 0.25) is 0 Å². The summed E-state index contributed by atoms with van der Waals surface area (Å²) >= 11 is 0. The van der Waals surface area contributed by atoms with E-state index in [9.17, 15) is 0 Å². The lowest BCUT2D eigenvalue weighted by molar-refractivity contribution is 0.670. The Morgan fingerprint density at radius 2 is 1.15 bits per heavy atom. The van der Waals surface area contributed by atoms with Crippen molar-refractivity contribution in [2.45, 2.75) is 40.5 Å². The van der Waals surface area contributed by atoms with Crippen molar-refractivity contribution in [2.75, 3.05) is 10.2 Å². The fourth-order valence-electron chi connectivity index (χ4n) is 8.66. The molecule has 0 spiro atoms. The molecular weight excluding hydrogens is 669 g/mol. The maximum Gasteiger partial charge on any atom is 0.159 e. The third-order valence-corrected chi connectivity index (χ3v) is 11.4. The van der Waals surface area contributed by atoms with Gasteiger partial charge in [-0.05, 0) is 107 Å². The predicted octanol–water partition coefficient (Wildman–Crippen LogP) is 15.4. The molecule has 1 N–H and O–H groups in total. The SMILES string of the molecule is Cc1ccc(Nc2cc(C)c3ccc4c(N(c5ccc(C)cc5)c5cccc6c5oc5c(-c7ccccc7)cccc56)cc(C(C)C)c5ccc2c3c54)cc1. The minimum Gasteiger partial charge on any atom is -0.453 e. The van der Waals surface area contributed by atoms with Crippen molar-refractivity contribution in [3.63, 3.8) is 0 Å². The Labute approximate surface area is 321 Å². The van der Waals surface area contributed by atoms with Gasteiger partial charge in [-0.3, -0.25) is 0 Å². The van der Waals surface area contributed by atoms with Crippen molar-refractivity contribution in [1.82, 2.24) is 0 Å². The number of para-hydroxylation sites is 2. The van der Waals surface area contributed by atoms with Gasteiger partial charge in [0.25, 0.3) is 0 Å². The summed E-state index contributed by atoms with van der Waals surface area (Å²) < 4.78 is 7.07. The molecule has 1 heterocycles. The number of anilines is 5. The van der Waals surface area contributed by atoms with Crippen LogP contribution in [0.4, 0.5) is 28.4 Å². The van der Waals surface area contributed by atoms with Crippen LogP contribution in [0.1, 0.15) is 42.0 Å². The van der Waals surface area contributed by atoms with Crippen molar-refractivity contribution in [3.8, 4) is 11.1 Å². The van der Waals surface area contributed by atoms with Gasteiger partial charge in [0.15, 0.2) is 5.58 Å². The molecule has 0 fully saturated rings. The Morgan fingerprint density at radius 1 is 0.509 bits per heavy atom. The van der Waals surface area contributed by atoms with Crippen molar-refractivity contribution < 1.29 is 4.42 Å². The van der Waals surface area contributed by atoms with Gasteiger partial charge in [-0.15, -0.1) is 0 Å². The number of furan rings is 1. The first-order valence-electron chi connectivity index (χ1n) is 19.3. The molecule has 10 aromatic rings. The number of fused-ring (bicyclic) bond motifs is 3. The summed E-state index contributed by atoms with van der Waals surface area (Å²) in [5.41, 5.74) is 14.5. The van der Waals surface area contributed by atoms with Gasteiger partial charge >= 0.3 is 0 Å². The molecule has 0 bridgehead atoms. The Hall–Kier alpha value is -6.58. The van der Waals surface area contributed by atoms with Crippen LogP contribution in [0.25, 0.3) is 65.4 Å². The molecule has 9 aromatic carbocycles. The van der Waals surface area contributed by atoms with Crippen LogP contribution < -0.4 is 10.2 Å². The van der Waals surface area contributed by atoms with Gasteiger partial charge < -0.3 is 14.6 Å². The lowest BCUT2D eigenvalue weighted by Gasteiger charge is -2.29. The van der Waals surface area contributed by atoms with Gasteiger partial charge in [0, 0.05) is 44.2 Å². The van der Waals surface area contributed by atoms with Crippen LogP contribution in [-0.2, 0) is 0 Å². The minimum absolute atomic E-state index is 0.296. The van der Waals surface area contributed by atoms with Crippen molar-refractivity contribution in [3.05, 3.63) is 174 Å². The van der Waals surface area contributed by atoms with E-state index < -0.39 is 0 Å². The fourth-order valence-corrected chi connectivity index (χ4v) is 8.66. The zero-order valence-electron chi connectivity index (χ0n) is 31.9. The largest absolute Gasteiger partial charge is 0.453 e. The van der Waals surface area contributed by atoms with E-state index in [2.05, 4.69) is 196 Å². The first-order chi connectivity index (χ1) is 26.8. The van der Waals surface area contributed by atoms with Crippen LogP contribution in [-0.4, -0.2) is 0 Å². The number of benzene rings is 9. The summed E-state index contributed by atoms with van der Waals surface area (Å²) in [5, 5.41) is 13.6. The number of aryl methyl sites for hydroxylation is 3. The van der Waals surface area contributed by atoms with E-state index in [1.165, 1.54) is 54.6 Å². The molecule has 55 heavy (non-hydrogen) atoms. The molecule has 0 aliphatic heterocycles. The van der Waals surface area contributed by atoms with Gasteiger partial charge in [-0.1, -0.05) is 134 Å². The molecule has 0 radical (unpaired) electrons. The lowest BCUT2D eigenvalue weighted by atomic mass is 9.86. The maximum atomic E-state index is 7.07. The zero-order chi connectivity index (χ0) is 37.4. The highest BCUT2D eigenvalue weighted by molar-refractivity contribution is 6.29. The maximum absolute atomic E-state index is 7.07. The minimum atomic E-state index is 0.296. The summed E-state index contributed by atoms with van der Waals surface area (Å²) in [5.74, 6) is 0.296. The third kappa shape index (κ3) is 5.33. The van der Waals surface area contributed by atoms with Gasteiger partial charge in [0.1, 0.15) is 5.58 Å². The smallest absolute Gasteiger partial charge is 0.159 e. The first-order valence-corrected chi connectivity index (χ1v) is 19.3. The Kier molecular flexibility index (Phi) is 7.67. The van der Waals surface area contributed by atoms with Gasteiger partial charge in [0.05, 0.1) is 11.4 Å². The molecule has 0 unspecified atom stereocenters. The highest BCUT2D eigenvalue weighted by Crippen LogP contribution is 2.50. The molecule has 10 rings (SSSR count). The van der Waals surface area contributed by atoms with Gasteiger partial charge in [-0.2, -0.15) is 0 Å². The van der Waals surface area contributed by atoms with Crippen molar-refractivity contribution >= 4 is 82.7 Å². The average molecular weight is 711 g/mol. The second kappa shape index (κ2) is 12.8. The summed E-state index contributed by atoms with van der Waals surface area (Å²) in [6.45, 7) is 11.1. The molecule has 0 saturated carbocycles. The highest BCUT2D eigenvalue weighted by atomic mass is 16.3. The molecule has 266 valence electrons. The van der Waals surface area contributed by atoms with E-state index >= 15 is 0 Å². The number of rotatable bonds is 7. The predicted molar refractivity (Wildman–Crippen MR) is 236 cm³/mol. The van der Waals surface area contributed by atoms with Crippen LogP contribution in [0, 0.1) is 20.8 Å². The summed E-state index contributed by atoms with van der Waals surface area (Å²) in [6, 6.07) is 55.3. The molecule has 0 saturated heterocycles. The van der Waals surface area contributed by atoms with Crippen LogP contribution in [0.5, 0.6) is 0 Å². The Bertz CT molecular complexity index is 3050. The quantitative estimate of drug-likeness (QED) is 0.167. The third-order valence-electron chi connectivity index (χ3n) is 11.4. The highest BCUT2D eigenvalue weighted by Gasteiger charge is 2.26. The fraction of sp³-hybridized carbons (Fsp3) is 0.115. The molecule has 0 amide bonds. The van der Waals surface area contributed by atoms with E-state index in [-0.39, 0.29) is 0 Å². The summed E-state index contributed by atoms with van der Waals surface area (Å²) in [4.78, 5) is 2.43. The van der Waals surface area contributed by atoms with E-state index in [1.54, 1.807) is 0 Å². The van der Waals surface area contributed by atoms with Gasteiger partial charge in [-0.25, -0.2) is 0 Å².